The third kappa shape index (κ3) is 5.31. The Bertz CT molecular complexity index is 776. The molecule has 5 nitrogen and oxygen atoms in total. The fraction of sp³-hybridized carbons (Fsp3) is 0.682. The highest BCUT2D eigenvalue weighted by atomic mass is 19.4. The molecular formula is C22H30F4N4O. The van der Waals surface area contributed by atoms with Crippen molar-refractivity contribution in [2.24, 2.45) is 0 Å². The summed E-state index contributed by atoms with van der Waals surface area (Å²) in [5.41, 5.74) is 2.21. The zero-order chi connectivity index (χ0) is 22.2. The number of aryl methyl sites for hydroxylation is 1. The lowest BCUT2D eigenvalue weighted by Gasteiger charge is -2.42. The van der Waals surface area contributed by atoms with Crippen molar-refractivity contribution >= 4 is 11.6 Å². The van der Waals surface area contributed by atoms with Gasteiger partial charge in [0.25, 0.3) is 0 Å². The second-order valence-electron chi connectivity index (χ2n) is 9.07. The van der Waals surface area contributed by atoms with Crippen LogP contribution in [0.3, 0.4) is 0 Å². The van der Waals surface area contributed by atoms with E-state index in [0.717, 1.165) is 36.9 Å². The van der Waals surface area contributed by atoms with Gasteiger partial charge in [0.15, 0.2) is 0 Å². The zero-order valence-corrected chi connectivity index (χ0v) is 17.8. The van der Waals surface area contributed by atoms with E-state index in [9.17, 15) is 22.4 Å². The third-order valence-electron chi connectivity index (χ3n) is 6.83. The van der Waals surface area contributed by atoms with E-state index in [0.29, 0.717) is 38.2 Å². The number of carbonyl (C=O) groups excluding carboxylic acids is 1. The number of alkyl halides is 3. The van der Waals surface area contributed by atoms with E-state index in [1.54, 1.807) is 6.07 Å². The number of nitrogens with one attached hydrogen (secondary N) is 2. The number of halogens is 4. The molecule has 1 saturated heterocycles. The van der Waals surface area contributed by atoms with Gasteiger partial charge in [0.05, 0.1) is 6.54 Å². The highest BCUT2D eigenvalue weighted by Gasteiger charge is 2.36. The number of anilines is 1. The van der Waals surface area contributed by atoms with Crippen molar-refractivity contribution in [2.45, 2.75) is 63.3 Å². The quantitative estimate of drug-likeness (QED) is 0.704. The van der Waals surface area contributed by atoms with Crippen LogP contribution in [0.15, 0.2) is 12.1 Å². The molecular weight excluding hydrogens is 412 g/mol. The first-order valence-electron chi connectivity index (χ1n) is 11.1. The van der Waals surface area contributed by atoms with Crippen LogP contribution >= 0.6 is 0 Å². The van der Waals surface area contributed by atoms with Crippen molar-refractivity contribution in [3.8, 4) is 0 Å². The van der Waals surface area contributed by atoms with Crippen molar-refractivity contribution in [1.82, 2.24) is 15.1 Å². The minimum Gasteiger partial charge on any atom is -0.373 e. The molecule has 31 heavy (non-hydrogen) atoms. The van der Waals surface area contributed by atoms with Crippen LogP contribution in [0.25, 0.3) is 0 Å². The predicted octanol–water partition coefficient (Wildman–Crippen LogP) is 3.08. The molecule has 0 spiro atoms. The van der Waals surface area contributed by atoms with Crippen LogP contribution < -0.4 is 10.6 Å². The molecule has 1 aromatic rings. The monoisotopic (exact) mass is 442 g/mol. The van der Waals surface area contributed by atoms with Crippen LogP contribution in [0.4, 0.5) is 23.2 Å². The molecule has 1 amide bonds. The van der Waals surface area contributed by atoms with Crippen LogP contribution in [-0.2, 0) is 11.2 Å². The smallest absolute Gasteiger partial charge is 0.373 e. The van der Waals surface area contributed by atoms with E-state index in [2.05, 4.69) is 15.5 Å². The number of carbonyl (C=O) groups is 1. The van der Waals surface area contributed by atoms with E-state index in [1.165, 1.54) is 11.0 Å². The Morgan fingerprint density at radius 1 is 1.19 bits per heavy atom. The van der Waals surface area contributed by atoms with Crippen molar-refractivity contribution in [2.75, 3.05) is 38.0 Å². The molecule has 2 fully saturated rings. The zero-order valence-electron chi connectivity index (χ0n) is 17.8. The number of hydrogen-bond donors (Lipinski definition) is 2. The largest absolute Gasteiger partial charge is 0.401 e. The summed E-state index contributed by atoms with van der Waals surface area (Å²) >= 11 is 0. The molecule has 0 bridgehead atoms. The number of piperazine rings is 1. The first-order valence-corrected chi connectivity index (χ1v) is 11.1. The molecule has 1 saturated carbocycles. The average Bonchev–Trinajstić information content (AvgIpc) is 3.18. The fourth-order valence-electron chi connectivity index (χ4n) is 5.20. The summed E-state index contributed by atoms with van der Waals surface area (Å²) in [6.07, 6.45) is -0.140. The molecule has 3 aliphatic rings. The molecule has 172 valence electrons. The minimum absolute atomic E-state index is 0.0379. The summed E-state index contributed by atoms with van der Waals surface area (Å²) in [5.74, 6) is -0.401. The lowest BCUT2D eigenvalue weighted by Crippen LogP contribution is -2.55. The van der Waals surface area contributed by atoms with Crippen LogP contribution in [0.2, 0.25) is 0 Å². The lowest BCUT2D eigenvalue weighted by atomic mass is 9.89. The molecule has 0 radical (unpaired) electrons. The Morgan fingerprint density at radius 3 is 2.61 bits per heavy atom. The molecule has 0 aromatic heterocycles. The molecule has 2 N–H and O–H groups in total. The van der Waals surface area contributed by atoms with Crippen LogP contribution in [-0.4, -0.2) is 72.7 Å². The normalized spacial score (nSPS) is 27.6. The van der Waals surface area contributed by atoms with Crippen LogP contribution in [0, 0.1) is 12.7 Å². The van der Waals surface area contributed by atoms with Crippen molar-refractivity contribution < 1.29 is 22.4 Å². The third-order valence-corrected chi connectivity index (χ3v) is 6.83. The van der Waals surface area contributed by atoms with Gasteiger partial charge in [-0.1, -0.05) is 6.07 Å². The Kier molecular flexibility index (Phi) is 6.44. The summed E-state index contributed by atoms with van der Waals surface area (Å²) < 4.78 is 51.9. The van der Waals surface area contributed by atoms with Gasteiger partial charge in [0.2, 0.25) is 5.91 Å². The summed E-state index contributed by atoms with van der Waals surface area (Å²) in [7, 11) is 0. The van der Waals surface area contributed by atoms with Gasteiger partial charge in [0, 0.05) is 55.9 Å². The Balaban J connectivity index is 1.28. The number of benzene rings is 1. The minimum atomic E-state index is -4.15. The maximum absolute atomic E-state index is 14.1. The second-order valence-corrected chi connectivity index (χ2v) is 9.07. The van der Waals surface area contributed by atoms with E-state index in [4.69, 9.17) is 0 Å². The van der Waals surface area contributed by atoms with Gasteiger partial charge in [-0.15, -0.1) is 0 Å². The Labute approximate surface area is 180 Å². The Hall–Kier alpha value is -1.87. The highest BCUT2D eigenvalue weighted by molar-refractivity contribution is 5.88. The van der Waals surface area contributed by atoms with Crippen molar-refractivity contribution in [3.05, 3.63) is 29.1 Å². The molecule has 2 aliphatic heterocycles. The molecule has 1 aromatic carbocycles. The first-order chi connectivity index (χ1) is 14.7. The number of hydrogen-bond acceptors (Lipinski definition) is 4. The Morgan fingerprint density at radius 2 is 1.94 bits per heavy atom. The average molecular weight is 443 g/mol. The van der Waals surface area contributed by atoms with Crippen molar-refractivity contribution in [3.63, 3.8) is 0 Å². The van der Waals surface area contributed by atoms with Gasteiger partial charge in [0.1, 0.15) is 11.9 Å². The molecule has 1 unspecified atom stereocenters. The number of nitrogens with zero attached hydrogens (tertiary/aromatic N) is 2. The van der Waals surface area contributed by atoms with Gasteiger partial charge >= 0.3 is 6.18 Å². The van der Waals surface area contributed by atoms with Gasteiger partial charge in [-0.25, -0.2) is 4.39 Å². The number of fused-ring (bicyclic) bond motifs is 1. The molecule has 4 rings (SSSR count). The second kappa shape index (κ2) is 8.94. The summed E-state index contributed by atoms with van der Waals surface area (Å²) in [6.45, 7) is 3.14. The van der Waals surface area contributed by atoms with Crippen LogP contribution in [0.5, 0.6) is 0 Å². The van der Waals surface area contributed by atoms with E-state index < -0.39 is 18.8 Å². The highest BCUT2D eigenvalue weighted by Crippen LogP contribution is 2.32. The standard InChI is InChI=1S/C22H30F4N4O/c1-14-5-6-18(23)17-12-19(28-20(14)17)21(31)27-15-3-2-4-16(11-15)30-9-7-29(8-10-30)13-22(24,25)26/h5-6,15-16,19,28H,2-4,7-13H2,1H3,(H,27,31)/t15-,16+,19?/m1/s1. The van der Waals surface area contributed by atoms with Crippen molar-refractivity contribution in [1.29, 1.82) is 0 Å². The molecule has 9 heteroatoms. The van der Waals surface area contributed by atoms with Gasteiger partial charge in [-0.2, -0.15) is 13.2 Å². The van der Waals surface area contributed by atoms with Gasteiger partial charge < -0.3 is 10.6 Å². The lowest BCUT2D eigenvalue weighted by molar-refractivity contribution is -0.150. The summed E-state index contributed by atoms with van der Waals surface area (Å²) in [6, 6.07) is 2.99. The van der Waals surface area contributed by atoms with E-state index in [1.807, 2.05) is 6.92 Å². The van der Waals surface area contributed by atoms with Gasteiger partial charge in [-0.3, -0.25) is 14.6 Å². The predicted molar refractivity (Wildman–Crippen MR) is 111 cm³/mol. The topological polar surface area (TPSA) is 47.6 Å². The maximum Gasteiger partial charge on any atom is 0.401 e. The number of rotatable bonds is 4. The summed E-state index contributed by atoms with van der Waals surface area (Å²) in [4.78, 5) is 16.6. The van der Waals surface area contributed by atoms with E-state index >= 15 is 0 Å². The SMILES string of the molecule is Cc1ccc(F)c2c1NC(C(=O)N[C@@H]1CCC[C@H](N3CCN(CC(F)(F)F)CC3)C1)C2. The van der Waals surface area contributed by atoms with Crippen LogP contribution in [0.1, 0.15) is 36.8 Å². The first kappa shape index (κ1) is 22.3. The molecule has 2 heterocycles. The maximum atomic E-state index is 14.1. The molecule has 1 aliphatic carbocycles. The fourth-order valence-corrected chi connectivity index (χ4v) is 5.20. The van der Waals surface area contributed by atoms with Gasteiger partial charge in [-0.05, 0) is 44.2 Å². The van der Waals surface area contributed by atoms with E-state index in [-0.39, 0.29) is 23.8 Å². The summed E-state index contributed by atoms with van der Waals surface area (Å²) in [5, 5.41) is 6.30. The number of amides is 1. The molecule has 3 atom stereocenters.